The highest BCUT2D eigenvalue weighted by atomic mass is 16.5. The second-order valence-corrected chi connectivity index (χ2v) is 4.15. The molecule has 0 aliphatic heterocycles. The van der Waals surface area contributed by atoms with E-state index in [0.29, 0.717) is 45.2 Å². The van der Waals surface area contributed by atoms with Crippen molar-refractivity contribution in [3.63, 3.8) is 0 Å². The van der Waals surface area contributed by atoms with E-state index in [9.17, 15) is 4.79 Å². The van der Waals surface area contributed by atoms with Gasteiger partial charge in [0.2, 0.25) is 0 Å². The molecule has 6 nitrogen and oxygen atoms in total. The smallest absolute Gasteiger partial charge is 0.338 e. The van der Waals surface area contributed by atoms with Gasteiger partial charge >= 0.3 is 5.97 Å². The van der Waals surface area contributed by atoms with E-state index in [4.69, 9.17) is 24.1 Å². The second kappa shape index (κ2) is 11.2. The van der Waals surface area contributed by atoms with Crippen LogP contribution in [0.15, 0.2) is 24.3 Å². The molecule has 0 radical (unpaired) electrons. The molecule has 0 unspecified atom stereocenters. The Balaban J connectivity index is 2.17. The lowest BCUT2D eigenvalue weighted by molar-refractivity contribution is 0.00432. The zero-order valence-corrected chi connectivity index (χ0v) is 12.2. The SMILES string of the molecule is COC(=O)c1ccccc1COCCOCCOCCO. The zero-order chi connectivity index (χ0) is 15.3. The molecule has 0 amide bonds. The highest BCUT2D eigenvalue weighted by Crippen LogP contribution is 2.11. The monoisotopic (exact) mass is 298 g/mol. The maximum absolute atomic E-state index is 11.6. The van der Waals surface area contributed by atoms with Crippen molar-refractivity contribution in [2.45, 2.75) is 6.61 Å². The van der Waals surface area contributed by atoms with Gasteiger partial charge in [-0.3, -0.25) is 0 Å². The number of esters is 1. The van der Waals surface area contributed by atoms with Gasteiger partial charge in [-0.25, -0.2) is 4.79 Å². The molecule has 0 atom stereocenters. The first kappa shape index (κ1) is 17.6. The molecule has 0 saturated heterocycles. The predicted molar refractivity (Wildman–Crippen MR) is 76.2 cm³/mol. The molecule has 0 aliphatic rings. The van der Waals surface area contributed by atoms with Crippen molar-refractivity contribution >= 4 is 5.97 Å². The normalized spacial score (nSPS) is 10.6. The Morgan fingerprint density at radius 3 is 2.29 bits per heavy atom. The number of rotatable bonds is 11. The largest absolute Gasteiger partial charge is 0.465 e. The number of carbonyl (C=O) groups excluding carboxylic acids is 1. The first-order chi connectivity index (χ1) is 10.3. The molecule has 0 aromatic heterocycles. The van der Waals surface area contributed by atoms with Crippen LogP contribution in [0, 0.1) is 0 Å². The third kappa shape index (κ3) is 7.19. The summed E-state index contributed by atoms with van der Waals surface area (Å²) in [6.45, 7) is 2.45. The van der Waals surface area contributed by atoms with Crippen molar-refractivity contribution in [2.24, 2.45) is 0 Å². The van der Waals surface area contributed by atoms with Gasteiger partial charge in [-0.2, -0.15) is 0 Å². The number of benzene rings is 1. The van der Waals surface area contributed by atoms with Gasteiger partial charge in [0.1, 0.15) is 0 Å². The molecule has 6 heteroatoms. The van der Waals surface area contributed by atoms with E-state index in [1.54, 1.807) is 12.1 Å². The highest BCUT2D eigenvalue weighted by molar-refractivity contribution is 5.90. The first-order valence-electron chi connectivity index (χ1n) is 6.80. The summed E-state index contributed by atoms with van der Waals surface area (Å²) in [6, 6.07) is 7.17. The van der Waals surface area contributed by atoms with Crippen molar-refractivity contribution in [1.82, 2.24) is 0 Å². The van der Waals surface area contributed by atoms with Gasteiger partial charge in [-0.1, -0.05) is 18.2 Å². The van der Waals surface area contributed by atoms with E-state index in [-0.39, 0.29) is 12.6 Å². The predicted octanol–water partition coefficient (Wildman–Crippen LogP) is 1.02. The van der Waals surface area contributed by atoms with Crippen LogP contribution < -0.4 is 0 Å². The minimum Gasteiger partial charge on any atom is -0.465 e. The Labute approximate surface area is 124 Å². The van der Waals surface area contributed by atoms with Crippen molar-refractivity contribution in [3.05, 3.63) is 35.4 Å². The maximum Gasteiger partial charge on any atom is 0.338 e. The number of hydrogen-bond acceptors (Lipinski definition) is 6. The molecule has 0 heterocycles. The zero-order valence-electron chi connectivity index (χ0n) is 12.2. The van der Waals surface area contributed by atoms with E-state index in [1.807, 2.05) is 12.1 Å². The summed E-state index contributed by atoms with van der Waals surface area (Å²) in [4.78, 5) is 11.6. The van der Waals surface area contributed by atoms with Crippen molar-refractivity contribution in [1.29, 1.82) is 0 Å². The fraction of sp³-hybridized carbons (Fsp3) is 0.533. The van der Waals surface area contributed by atoms with Gasteiger partial charge in [0, 0.05) is 0 Å². The van der Waals surface area contributed by atoms with Gasteiger partial charge in [0.15, 0.2) is 0 Å². The molecule has 1 aromatic carbocycles. The number of aliphatic hydroxyl groups excluding tert-OH is 1. The molecular weight excluding hydrogens is 276 g/mol. The molecule has 1 rings (SSSR count). The summed E-state index contributed by atoms with van der Waals surface area (Å²) in [7, 11) is 1.35. The van der Waals surface area contributed by atoms with E-state index in [1.165, 1.54) is 7.11 Å². The Morgan fingerprint density at radius 1 is 1.00 bits per heavy atom. The molecule has 0 bridgehead atoms. The van der Waals surface area contributed by atoms with Gasteiger partial charge < -0.3 is 24.1 Å². The number of carbonyl (C=O) groups is 1. The Hall–Kier alpha value is -1.47. The Kier molecular flexibility index (Phi) is 9.39. The van der Waals surface area contributed by atoms with E-state index >= 15 is 0 Å². The average Bonchev–Trinajstić information content (AvgIpc) is 2.53. The summed E-state index contributed by atoms with van der Waals surface area (Å²) < 4.78 is 20.5. The van der Waals surface area contributed by atoms with Crippen LogP contribution in [0.4, 0.5) is 0 Å². The van der Waals surface area contributed by atoms with E-state index in [0.717, 1.165) is 5.56 Å². The van der Waals surface area contributed by atoms with Gasteiger partial charge in [-0.05, 0) is 11.6 Å². The summed E-state index contributed by atoms with van der Waals surface area (Å²) in [5.41, 5.74) is 1.30. The minimum absolute atomic E-state index is 0.0166. The topological polar surface area (TPSA) is 74.2 Å². The fourth-order valence-corrected chi connectivity index (χ4v) is 1.64. The number of aliphatic hydroxyl groups is 1. The van der Waals surface area contributed by atoms with Crippen LogP contribution in [-0.2, 0) is 25.6 Å². The molecule has 1 aromatic rings. The summed E-state index contributed by atoms with van der Waals surface area (Å²) in [5, 5.41) is 8.51. The molecule has 0 aliphatic carbocycles. The highest BCUT2D eigenvalue weighted by Gasteiger charge is 2.10. The first-order valence-corrected chi connectivity index (χ1v) is 6.80. The summed E-state index contributed by atoms with van der Waals surface area (Å²) in [5.74, 6) is -0.369. The number of ether oxygens (including phenoxy) is 4. The van der Waals surface area contributed by atoms with Crippen LogP contribution in [0.2, 0.25) is 0 Å². The summed E-state index contributed by atoms with van der Waals surface area (Å²) in [6.07, 6.45) is 0. The van der Waals surface area contributed by atoms with Crippen molar-refractivity contribution < 1.29 is 28.8 Å². The second-order valence-electron chi connectivity index (χ2n) is 4.15. The van der Waals surface area contributed by atoms with Crippen LogP contribution >= 0.6 is 0 Å². The minimum atomic E-state index is -0.369. The maximum atomic E-state index is 11.6. The summed E-state index contributed by atoms with van der Waals surface area (Å²) >= 11 is 0. The lowest BCUT2D eigenvalue weighted by Crippen LogP contribution is -2.11. The quantitative estimate of drug-likeness (QED) is 0.485. The van der Waals surface area contributed by atoms with Crippen LogP contribution in [0.5, 0.6) is 0 Å². The number of hydrogen-bond donors (Lipinski definition) is 1. The molecular formula is C15H22O6. The molecule has 1 N–H and O–H groups in total. The molecule has 0 spiro atoms. The van der Waals surface area contributed by atoms with Crippen LogP contribution in [-0.4, -0.2) is 57.8 Å². The van der Waals surface area contributed by atoms with Crippen molar-refractivity contribution in [2.75, 3.05) is 46.8 Å². The van der Waals surface area contributed by atoms with Gasteiger partial charge in [-0.15, -0.1) is 0 Å². The van der Waals surface area contributed by atoms with E-state index < -0.39 is 0 Å². The Morgan fingerprint density at radius 2 is 1.62 bits per heavy atom. The lowest BCUT2D eigenvalue weighted by Gasteiger charge is -2.09. The van der Waals surface area contributed by atoms with Gasteiger partial charge in [0.05, 0.1) is 58.9 Å². The van der Waals surface area contributed by atoms with Gasteiger partial charge in [0.25, 0.3) is 0 Å². The third-order valence-corrected chi connectivity index (χ3v) is 2.66. The standard InChI is InChI=1S/C15H22O6/c1-18-15(17)14-5-3-2-4-13(14)12-21-11-10-20-9-8-19-7-6-16/h2-5,16H,6-12H2,1H3. The Bertz CT molecular complexity index is 407. The van der Waals surface area contributed by atoms with Crippen LogP contribution in [0.1, 0.15) is 15.9 Å². The lowest BCUT2D eigenvalue weighted by atomic mass is 10.1. The van der Waals surface area contributed by atoms with Crippen LogP contribution in [0.25, 0.3) is 0 Å². The van der Waals surface area contributed by atoms with Crippen molar-refractivity contribution in [3.8, 4) is 0 Å². The molecule has 118 valence electrons. The molecule has 21 heavy (non-hydrogen) atoms. The molecule has 0 fully saturated rings. The fourth-order valence-electron chi connectivity index (χ4n) is 1.64. The third-order valence-electron chi connectivity index (χ3n) is 2.66. The average molecular weight is 298 g/mol. The molecule has 0 saturated carbocycles. The van der Waals surface area contributed by atoms with Crippen LogP contribution in [0.3, 0.4) is 0 Å². The number of methoxy groups -OCH3 is 1. The van der Waals surface area contributed by atoms with E-state index in [2.05, 4.69) is 0 Å².